The van der Waals surface area contributed by atoms with Gasteiger partial charge in [0.1, 0.15) is 5.82 Å². The molecule has 1 unspecified atom stereocenters. The lowest BCUT2D eigenvalue weighted by molar-refractivity contribution is 0.500. The third kappa shape index (κ3) is 3.25. The largest absolute Gasteiger partial charge is 0.337 e. The van der Waals surface area contributed by atoms with E-state index in [0.29, 0.717) is 5.92 Å². The number of rotatable bonds is 6. The summed E-state index contributed by atoms with van der Waals surface area (Å²) in [4.78, 5) is 4.60. The molecule has 0 saturated heterocycles. The second kappa shape index (κ2) is 6.16. The second-order valence-corrected chi connectivity index (χ2v) is 8.13. The first-order valence-corrected chi connectivity index (χ1v) is 9.76. The Balaban J connectivity index is 1.59. The Morgan fingerprint density at radius 1 is 1.12 bits per heavy atom. The molecule has 0 amide bonds. The fourth-order valence-corrected chi connectivity index (χ4v) is 4.27. The summed E-state index contributed by atoms with van der Waals surface area (Å²) in [6.45, 7) is 0. The van der Waals surface area contributed by atoms with Gasteiger partial charge in [-0.25, -0.2) is 18.1 Å². The van der Waals surface area contributed by atoms with Gasteiger partial charge in [-0.1, -0.05) is 0 Å². The summed E-state index contributed by atoms with van der Waals surface area (Å²) >= 11 is 0. The van der Waals surface area contributed by atoms with Crippen molar-refractivity contribution in [3.05, 3.63) is 67.0 Å². The van der Waals surface area contributed by atoms with Crippen LogP contribution < -0.4 is 4.72 Å². The predicted molar refractivity (Wildman–Crippen MR) is 94.8 cm³/mol. The molecule has 0 spiro atoms. The van der Waals surface area contributed by atoms with Crippen molar-refractivity contribution in [1.29, 1.82) is 0 Å². The molecule has 3 aromatic rings. The predicted octanol–water partition coefficient (Wildman–Crippen LogP) is 2.64. The first-order valence-electron chi connectivity index (χ1n) is 8.27. The van der Waals surface area contributed by atoms with Crippen LogP contribution in [0.4, 0.5) is 0 Å². The Morgan fingerprint density at radius 3 is 2.36 bits per heavy atom. The molecule has 0 radical (unpaired) electrons. The smallest absolute Gasteiger partial charge is 0.241 e. The molecule has 7 heteroatoms. The maximum absolute atomic E-state index is 12.8. The highest BCUT2D eigenvalue weighted by molar-refractivity contribution is 7.89. The summed E-state index contributed by atoms with van der Waals surface area (Å²) in [6.07, 6.45) is 9.42. The van der Waals surface area contributed by atoms with E-state index in [-0.39, 0.29) is 10.9 Å². The highest BCUT2D eigenvalue weighted by atomic mass is 32.2. The number of nitrogens with one attached hydrogen (secondary N) is 1. The van der Waals surface area contributed by atoms with Crippen molar-refractivity contribution in [3.63, 3.8) is 0 Å². The normalized spacial score (nSPS) is 16.0. The third-order valence-corrected chi connectivity index (χ3v) is 6.02. The molecule has 1 atom stereocenters. The van der Waals surface area contributed by atoms with E-state index in [1.165, 1.54) is 0 Å². The highest BCUT2D eigenvalue weighted by Gasteiger charge is 2.37. The summed E-state index contributed by atoms with van der Waals surface area (Å²) < 4.78 is 32.3. The minimum Gasteiger partial charge on any atom is -0.337 e. The Morgan fingerprint density at radius 2 is 1.80 bits per heavy atom. The van der Waals surface area contributed by atoms with Gasteiger partial charge in [-0.15, -0.1) is 0 Å². The van der Waals surface area contributed by atoms with Gasteiger partial charge in [0.2, 0.25) is 10.0 Å². The van der Waals surface area contributed by atoms with Gasteiger partial charge < -0.3 is 9.13 Å². The Bertz CT molecular complexity index is 955. The summed E-state index contributed by atoms with van der Waals surface area (Å²) in [5.74, 6) is 1.07. The molecule has 1 aliphatic rings. The van der Waals surface area contributed by atoms with Crippen molar-refractivity contribution >= 4 is 10.0 Å². The number of hydrogen-bond acceptors (Lipinski definition) is 3. The number of nitrogens with zero attached hydrogens (tertiary/aromatic N) is 3. The van der Waals surface area contributed by atoms with Crippen LogP contribution in [0.25, 0.3) is 5.69 Å². The van der Waals surface area contributed by atoms with Gasteiger partial charge in [-0.3, -0.25) is 0 Å². The molecule has 1 aliphatic carbocycles. The summed E-state index contributed by atoms with van der Waals surface area (Å²) in [5, 5.41) is 0. The van der Waals surface area contributed by atoms with Crippen LogP contribution in [0.15, 0.2) is 66.1 Å². The van der Waals surface area contributed by atoms with Gasteiger partial charge in [0.25, 0.3) is 0 Å². The van der Waals surface area contributed by atoms with Gasteiger partial charge in [-0.2, -0.15) is 0 Å². The van der Waals surface area contributed by atoms with Crippen molar-refractivity contribution in [1.82, 2.24) is 18.8 Å². The molecular formula is C18H20N4O2S. The zero-order valence-electron chi connectivity index (χ0n) is 13.9. The van der Waals surface area contributed by atoms with E-state index in [4.69, 9.17) is 0 Å². The standard InChI is InChI=1S/C18H20N4O2S/c1-21-13-10-19-18(21)17(14-4-5-14)20-25(23,24)16-8-6-15(7-9-16)22-11-2-3-12-22/h2-3,6-14,17,20H,4-5H2,1H3. The van der Waals surface area contributed by atoms with Crippen LogP contribution in [-0.4, -0.2) is 22.5 Å². The Kier molecular flexibility index (Phi) is 3.97. The zero-order chi connectivity index (χ0) is 17.4. The van der Waals surface area contributed by atoms with Crippen LogP contribution in [0, 0.1) is 5.92 Å². The number of aryl methyl sites for hydroxylation is 1. The van der Waals surface area contributed by atoms with Gasteiger partial charge >= 0.3 is 0 Å². The van der Waals surface area contributed by atoms with Gasteiger partial charge in [0, 0.05) is 37.5 Å². The number of hydrogen-bond donors (Lipinski definition) is 1. The SMILES string of the molecule is Cn1ccnc1C(NS(=O)(=O)c1ccc(-n2cccc2)cc1)C1CC1. The van der Waals surface area contributed by atoms with E-state index in [1.807, 2.05) is 59.0 Å². The number of imidazole rings is 1. The van der Waals surface area contributed by atoms with Crippen LogP contribution in [0.2, 0.25) is 0 Å². The van der Waals surface area contributed by atoms with E-state index in [1.54, 1.807) is 18.3 Å². The minimum atomic E-state index is -3.61. The Labute approximate surface area is 147 Å². The average Bonchev–Trinajstić information content (AvgIpc) is 3.12. The van der Waals surface area contributed by atoms with Crippen LogP contribution in [0.3, 0.4) is 0 Å². The van der Waals surface area contributed by atoms with Crippen LogP contribution >= 0.6 is 0 Å². The summed E-state index contributed by atoms with van der Waals surface area (Å²) in [7, 11) is -1.72. The molecule has 25 heavy (non-hydrogen) atoms. The zero-order valence-corrected chi connectivity index (χ0v) is 14.7. The molecule has 6 nitrogen and oxygen atoms in total. The van der Waals surface area contributed by atoms with Crippen LogP contribution in [0.1, 0.15) is 24.7 Å². The number of sulfonamides is 1. The van der Waals surface area contributed by atoms with E-state index < -0.39 is 10.0 Å². The molecule has 1 N–H and O–H groups in total. The first-order chi connectivity index (χ1) is 12.0. The van der Waals surface area contributed by atoms with Crippen LogP contribution in [-0.2, 0) is 17.1 Å². The fourth-order valence-electron chi connectivity index (χ4n) is 3.01. The first kappa shape index (κ1) is 16.1. The molecule has 2 aromatic heterocycles. The van der Waals surface area contributed by atoms with Crippen molar-refractivity contribution < 1.29 is 8.42 Å². The Hall–Kier alpha value is -2.38. The van der Waals surface area contributed by atoms with E-state index in [0.717, 1.165) is 24.4 Å². The molecule has 1 fully saturated rings. The maximum Gasteiger partial charge on any atom is 0.241 e. The van der Waals surface area contributed by atoms with Crippen LogP contribution in [0.5, 0.6) is 0 Å². The molecule has 1 saturated carbocycles. The van der Waals surface area contributed by atoms with Crippen molar-refractivity contribution in [2.45, 2.75) is 23.8 Å². The molecule has 130 valence electrons. The van der Waals surface area contributed by atoms with Crippen molar-refractivity contribution in [2.24, 2.45) is 13.0 Å². The van der Waals surface area contributed by atoms with E-state index >= 15 is 0 Å². The topological polar surface area (TPSA) is 68.9 Å². The monoisotopic (exact) mass is 356 g/mol. The molecule has 0 aliphatic heterocycles. The number of benzene rings is 1. The second-order valence-electron chi connectivity index (χ2n) is 6.42. The quantitative estimate of drug-likeness (QED) is 0.738. The molecule has 2 heterocycles. The lowest BCUT2D eigenvalue weighted by Crippen LogP contribution is -2.31. The van der Waals surface area contributed by atoms with Gasteiger partial charge in [-0.05, 0) is 55.2 Å². The molecular weight excluding hydrogens is 336 g/mol. The summed E-state index contributed by atoms with van der Waals surface area (Å²) in [5.41, 5.74) is 0.923. The molecule has 4 rings (SSSR count). The maximum atomic E-state index is 12.8. The van der Waals surface area contributed by atoms with Crippen molar-refractivity contribution in [2.75, 3.05) is 0 Å². The lowest BCUT2D eigenvalue weighted by Gasteiger charge is -2.18. The third-order valence-electron chi connectivity index (χ3n) is 4.56. The van der Waals surface area contributed by atoms with E-state index in [2.05, 4.69) is 9.71 Å². The lowest BCUT2D eigenvalue weighted by atomic mass is 10.2. The minimum absolute atomic E-state index is 0.267. The summed E-state index contributed by atoms with van der Waals surface area (Å²) in [6, 6.07) is 10.5. The fraction of sp³-hybridized carbons (Fsp3) is 0.278. The molecule has 0 bridgehead atoms. The van der Waals surface area contributed by atoms with E-state index in [9.17, 15) is 8.42 Å². The average molecular weight is 356 g/mol. The molecule has 1 aromatic carbocycles. The number of aromatic nitrogens is 3. The van der Waals surface area contributed by atoms with Gasteiger partial charge in [0.15, 0.2) is 0 Å². The van der Waals surface area contributed by atoms with Gasteiger partial charge in [0.05, 0.1) is 10.9 Å². The van der Waals surface area contributed by atoms with Crippen molar-refractivity contribution in [3.8, 4) is 5.69 Å². The highest BCUT2D eigenvalue weighted by Crippen LogP contribution is 2.41.